The van der Waals surface area contributed by atoms with Crippen molar-refractivity contribution >= 4 is 17.9 Å². The molecular weight excluding hydrogens is 316 g/mol. The van der Waals surface area contributed by atoms with Gasteiger partial charge in [0.15, 0.2) is 0 Å². The van der Waals surface area contributed by atoms with Crippen LogP contribution in [0.4, 0.5) is 0 Å². The van der Waals surface area contributed by atoms with E-state index in [1.54, 1.807) is 13.0 Å². The van der Waals surface area contributed by atoms with Crippen molar-refractivity contribution in [2.75, 3.05) is 13.2 Å². The van der Waals surface area contributed by atoms with E-state index < -0.39 is 5.91 Å². The Bertz CT molecular complexity index is 780. The summed E-state index contributed by atoms with van der Waals surface area (Å²) in [5.41, 5.74) is 1.63. The molecule has 1 aliphatic heterocycles. The van der Waals surface area contributed by atoms with E-state index in [0.717, 1.165) is 16.2 Å². The van der Waals surface area contributed by atoms with Gasteiger partial charge in [0.05, 0.1) is 6.61 Å². The van der Waals surface area contributed by atoms with E-state index in [1.165, 1.54) is 0 Å². The summed E-state index contributed by atoms with van der Waals surface area (Å²) in [6.45, 7) is 8.27. The molecule has 0 aliphatic carbocycles. The Labute approximate surface area is 148 Å². The maximum Gasteiger partial charge on any atom is 0.271 e. The monoisotopic (exact) mass is 338 g/mol. The third-order valence-corrected chi connectivity index (χ3v) is 3.88. The summed E-state index contributed by atoms with van der Waals surface area (Å²) < 4.78 is 5.41. The molecule has 0 radical (unpaired) electrons. The number of hydrogen-bond acceptors (Lipinski definition) is 4. The van der Waals surface area contributed by atoms with Crippen molar-refractivity contribution in [2.45, 2.75) is 27.7 Å². The zero-order valence-electron chi connectivity index (χ0n) is 15.0. The lowest BCUT2D eigenvalue weighted by atomic mass is 9.93. The van der Waals surface area contributed by atoms with Gasteiger partial charge < -0.3 is 4.74 Å². The number of carbonyl (C=O) groups is 2. The number of benzene rings is 1. The minimum atomic E-state index is -0.512. The van der Waals surface area contributed by atoms with Crippen molar-refractivity contribution in [3.63, 3.8) is 0 Å². The minimum absolute atomic E-state index is 0.0254. The first-order valence-electron chi connectivity index (χ1n) is 8.31. The molecule has 0 fully saturated rings. The lowest BCUT2D eigenvalue weighted by Gasteiger charge is -2.28. The largest absolute Gasteiger partial charge is 0.494 e. The summed E-state index contributed by atoms with van der Waals surface area (Å²) in [6, 6.07) is 9.27. The fraction of sp³-hybridized carbons (Fsp3) is 0.350. The SMILES string of the molecule is CCOc1ccc(/C=C2/C(=O)N(CC(C)C)C(=O)C(C#N)=C2C)cc1. The number of hydrogen-bond donors (Lipinski definition) is 0. The molecule has 2 amide bonds. The average Bonchev–Trinajstić information content (AvgIpc) is 2.57. The predicted octanol–water partition coefficient (Wildman–Crippen LogP) is 3.33. The van der Waals surface area contributed by atoms with Gasteiger partial charge in [-0.3, -0.25) is 14.5 Å². The van der Waals surface area contributed by atoms with Gasteiger partial charge in [-0.05, 0) is 49.1 Å². The quantitative estimate of drug-likeness (QED) is 0.610. The van der Waals surface area contributed by atoms with Crippen LogP contribution in [0.25, 0.3) is 6.08 Å². The lowest BCUT2D eigenvalue weighted by Crippen LogP contribution is -2.44. The second-order valence-corrected chi connectivity index (χ2v) is 6.29. The molecule has 25 heavy (non-hydrogen) atoms. The first kappa shape index (κ1) is 18.5. The Kier molecular flexibility index (Phi) is 5.76. The van der Waals surface area contributed by atoms with Crippen molar-refractivity contribution in [3.8, 4) is 11.8 Å². The summed E-state index contributed by atoms with van der Waals surface area (Å²) in [5.74, 6) is 0.00538. The first-order chi connectivity index (χ1) is 11.9. The number of imide groups is 1. The highest BCUT2D eigenvalue weighted by atomic mass is 16.5. The Morgan fingerprint density at radius 3 is 2.36 bits per heavy atom. The molecule has 0 bridgehead atoms. The van der Waals surface area contributed by atoms with Gasteiger partial charge in [-0.2, -0.15) is 5.26 Å². The first-order valence-corrected chi connectivity index (χ1v) is 8.31. The molecule has 0 N–H and O–H groups in total. The van der Waals surface area contributed by atoms with Gasteiger partial charge >= 0.3 is 0 Å². The number of amides is 2. The zero-order chi connectivity index (χ0) is 18.6. The second-order valence-electron chi connectivity index (χ2n) is 6.29. The zero-order valence-corrected chi connectivity index (χ0v) is 15.0. The van der Waals surface area contributed by atoms with E-state index in [4.69, 9.17) is 4.74 Å². The predicted molar refractivity (Wildman–Crippen MR) is 95.5 cm³/mol. The summed E-state index contributed by atoms with van der Waals surface area (Å²) >= 11 is 0. The topological polar surface area (TPSA) is 70.4 Å². The van der Waals surface area contributed by atoms with Crippen molar-refractivity contribution in [2.24, 2.45) is 5.92 Å². The number of carbonyl (C=O) groups excluding carboxylic acids is 2. The van der Waals surface area contributed by atoms with Crippen LogP contribution in [-0.4, -0.2) is 29.9 Å². The van der Waals surface area contributed by atoms with E-state index in [1.807, 2.05) is 51.1 Å². The van der Waals surface area contributed by atoms with Gasteiger partial charge in [-0.15, -0.1) is 0 Å². The van der Waals surface area contributed by atoms with Gasteiger partial charge in [-0.25, -0.2) is 0 Å². The van der Waals surface area contributed by atoms with Crippen LogP contribution < -0.4 is 4.74 Å². The van der Waals surface area contributed by atoms with Gasteiger partial charge in [0, 0.05) is 12.1 Å². The van der Waals surface area contributed by atoms with Crippen LogP contribution in [0.15, 0.2) is 41.0 Å². The van der Waals surface area contributed by atoms with Gasteiger partial charge in [0.2, 0.25) is 0 Å². The Hall–Kier alpha value is -2.87. The highest BCUT2D eigenvalue weighted by Crippen LogP contribution is 2.28. The molecule has 0 atom stereocenters. The summed E-state index contributed by atoms with van der Waals surface area (Å²) in [6.07, 6.45) is 1.71. The maximum atomic E-state index is 12.8. The highest BCUT2D eigenvalue weighted by Gasteiger charge is 2.35. The molecule has 2 rings (SSSR count). The standard InChI is InChI=1S/C20H22N2O3/c1-5-25-16-8-6-15(7-9-16)10-17-14(4)18(11-21)20(24)22(19(17)23)12-13(2)3/h6-10,13H,5,12H2,1-4H3/b17-10+. The van der Waals surface area contributed by atoms with E-state index in [-0.39, 0.29) is 23.9 Å². The van der Waals surface area contributed by atoms with Crippen molar-refractivity contribution < 1.29 is 14.3 Å². The molecule has 1 heterocycles. The molecular formula is C20H22N2O3. The number of rotatable bonds is 5. The molecule has 5 nitrogen and oxygen atoms in total. The summed E-state index contributed by atoms with van der Waals surface area (Å²) in [4.78, 5) is 26.4. The fourth-order valence-corrected chi connectivity index (χ4v) is 2.65. The molecule has 1 aromatic carbocycles. The number of nitriles is 1. The van der Waals surface area contributed by atoms with Crippen LogP contribution in [0.3, 0.4) is 0 Å². The van der Waals surface area contributed by atoms with Crippen molar-refractivity contribution in [1.82, 2.24) is 4.90 Å². The Balaban J connectivity index is 2.46. The Morgan fingerprint density at radius 2 is 1.84 bits per heavy atom. The van der Waals surface area contributed by atoms with E-state index in [2.05, 4.69) is 0 Å². The van der Waals surface area contributed by atoms with Crippen LogP contribution in [0, 0.1) is 17.2 Å². The van der Waals surface area contributed by atoms with Crippen LogP contribution >= 0.6 is 0 Å². The van der Waals surface area contributed by atoms with Gasteiger partial charge in [0.25, 0.3) is 11.8 Å². The van der Waals surface area contributed by atoms with Crippen LogP contribution in [0.5, 0.6) is 5.75 Å². The third kappa shape index (κ3) is 3.97. The minimum Gasteiger partial charge on any atom is -0.494 e. The van der Waals surface area contributed by atoms with Crippen LogP contribution in [0.2, 0.25) is 0 Å². The highest BCUT2D eigenvalue weighted by molar-refractivity contribution is 6.19. The fourth-order valence-electron chi connectivity index (χ4n) is 2.65. The number of nitrogens with zero attached hydrogens (tertiary/aromatic N) is 2. The van der Waals surface area contributed by atoms with E-state index in [9.17, 15) is 14.9 Å². The maximum absolute atomic E-state index is 12.8. The molecule has 0 unspecified atom stereocenters. The van der Waals surface area contributed by atoms with Gasteiger partial charge in [-0.1, -0.05) is 26.0 Å². The normalized spacial score (nSPS) is 16.6. The molecule has 0 spiro atoms. The van der Waals surface area contributed by atoms with Crippen molar-refractivity contribution in [1.29, 1.82) is 5.26 Å². The van der Waals surface area contributed by atoms with Crippen molar-refractivity contribution in [3.05, 3.63) is 46.5 Å². The lowest BCUT2D eigenvalue weighted by molar-refractivity contribution is -0.141. The van der Waals surface area contributed by atoms with E-state index >= 15 is 0 Å². The van der Waals surface area contributed by atoms with E-state index in [0.29, 0.717) is 17.8 Å². The molecule has 1 aromatic rings. The third-order valence-electron chi connectivity index (χ3n) is 3.88. The van der Waals surface area contributed by atoms with Gasteiger partial charge in [0.1, 0.15) is 17.4 Å². The summed E-state index contributed by atoms with van der Waals surface area (Å²) in [5, 5.41) is 9.34. The Morgan fingerprint density at radius 1 is 1.20 bits per heavy atom. The second kappa shape index (κ2) is 7.80. The molecule has 0 aromatic heterocycles. The molecule has 0 saturated carbocycles. The molecule has 1 aliphatic rings. The molecule has 0 saturated heterocycles. The average molecular weight is 338 g/mol. The number of ether oxygens (including phenoxy) is 1. The smallest absolute Gasteiger partial charge is 0.271 e. The molecule has 5 heteroatoms. The van der Waals surface area contributed by atoms with Crippen LogP contribution in [0.1, 0.15) is 33.3 Å². The van der Waals surface area contributed by atoms with Crippen LogP contribution in [-0.2, 0) is 9.59 Å². The molecule has 130 valence electrons. The summed E-state index contributed by atoms with van der Waals surface area (Å²) in [7, 11) is 0.